The highest BCUT2D eigenvalue weighted by Crippen LogP contribution is 1.97. The number of rotatable bonds is 3. The van der Waals surface area contributed by atoms with Crippen molar-refractivity contribution in [2.24, 2.45) is 0 Å². The molecule has 4 heteroatoms. The Balaban J connectivity index is 2.48. The highest BCUT2D eigenvalue weighted by molar-refractivity contribution is 5.96. The Labute approximate surface area is 88.9 Å². The highest BCUT2D eigenvalue weighted by atomic mass is 16.2. The molecule has 0 spiro atoms. The van der Waals surface area contributed by atoms with Crippen LogP contribution in [0.25, 0.3) is 0 Å². The summed E-state index contributed by atoms with van der Waals surface area (Å²) in [5, 5.41) is 2.55. The zero-order valence-corrected chi connectivity index (χ0v) is 8.86. The normalized spacial score (nSPS) is 9.47. The maximum absolute atomic E-state index is 11.5. The first-order chi connectivity index (χ1) is 7.11. The molecule has 0 aliphatic heterocycles. The van der Waals surface area contributed by atoms with Crippen molar-refractivity contribution in [1.29, 1.82) is 0 Å². The van der Waals surface area contributed by atoms with Gasteiger partial charge in [-0.1, -0.05) is 18.2 Å². The predicted molar refractivity (Wildman–Crippen MR) is 57.5 cm³/mol. The molecule has 4 nitrogen and oxygen atoms in total. The first kappa shape index (κ1) is 11.2. The number of hydrogen-bond acceptors (Lipinski definition) is 2. The molecule has 0 aliphatic rings. The van der Waals surface area contributed by atoms with Crippen LogP contribution >= 0.6 is 0 Å². The topological polar surface area (TPSA) is 49.4 Å². The first-order valence-corrected chi connectivity index (χ1v) is 4.64. The van der Waals surface area contributed by atoms with Gasteiger partial charge in [0.25, 0.3) is 5.91 Å². The van der Waals surface area contributed by atoms with Crippen molar-refractivity contribution in [3.05, 3.63) is 35.9 Å². The second-order valence-electron chi connectivity index (χ2n) is 3.34. The van der Waals surface area contributed by atoms with Crippen LogP contribution in [-0.2, 0) is 4.79 Å². The van der Waals surface area contributed by atoms with E-state index in [2.05, 4.69) is 5.32 Å². The summed E-state index contributed by atoms with van der Waals surface area (Å²) in [7, 11) is 3.30. The van der Waals surface area contributed by atoms with Crippen molar-refractivity contribution in [2.45, 2.75) is 0 Å². The lowest BCUT2D eigenvalue weighted by atomic mass is 10.2. The fourth-order valence-corrected chi connectivity index (χ4v) is 1.01. The maximum atomic E-state index is 11.5. The van der Waals surface area contributed by atoms with Gasteiger partial charge in [-0.2, -0.15) is 0 Å². The third-order valence-electron chi connectivity index (χ3n) is 1.93. The second kappa shape index (κ2) is 5.14. The molecule has 1 aromatic rings. The number of carbonyl (C=O) groups excluding carboxylic acids is 2. The van der Waals surface area contributed by atoms with Crippen LogP contribution in [0.4, 0.5) is 0 Å². The number of benzene rings is 1. The molecular formula is C11H14N2O2. The maximum Gasteiger partial charge on any atom is 0.251 e. The molecule has 0 aromatic heterocycles. The standard InChI is InChI=1S/C11H14N2O2/c1-13(2)10(14)8-12-11(15)9-6-4-3-5-7-9/h3-7H,8H2,1-2H3,(H,12,15). The van der Waals surface area contributed by atoms with Gasteiger partial charge in [0.1, 0.15) is 0 Å². The zero-order valence-electron chi connectivity index (χ0n) is 8.86. The fourth-order valence-electron chi connectivity index (χ4n) is 1.01. The summed E-state index contributed by atoms with van der Waals surface area (Å²) in [5.74, 6) is -0.356. The third kappa shape index (κ3) is 3.42. The van der Waals surface area contributed by atoms with Gasteiger partial charge in [-0.25, -0.2) is 0 Å². The monoisotopic (exact) mass is 206 g/mol. The predicted octanol–water partition coefficient (Wildman–Crippen LogP) is 0.505. The van der Waals surface area contributed by atoms with E-state index in [1.165, 1.54) is 4.90 Å². The van der Waals surface area contributed by atoms with Crippen LogP contribution in [-0.4, -0.2) is 37.4 Å². The Morgan fingerprint density at radius 1 is 1.20 bits per heavy atom. The SMILES string of the molecule is CN(C)C(=O)CNC(=O)c1ccccc1. The van der Waals surface area contributed by atoms with Gasteiger partial charge in [0.15, 0.2) is 0 Å². The van der Waals surface area contributed by atoms with Crippen LogP contribution in [0, 0.1) is 0 Å². The van der Waals surface area contributed by atoms with E-state index in [-0.39, 0.29) is 18.4 Å². The molecule has 0 bridgehead atoms. The lowest BCUT2D eigenvalue weighted by Gasteiger charge is -2.10. The Kier molecular flexibility index (Phi) is 3.85. The molecule has 15 heavy (non-hydrogen) atoms. The highest BCUT2D eigenvalue weighted by Gasteiger charge is 2.07. The number of likely N-dealkylation sites (N-methyl/N-ethyl adjacent to an activating group) is 1. The molecule has 0 aliphatic carbocycles. The summed E-state index contributed by atoms with van der Waals surface area (Å²) in [6.07, 6.45) is 0. The van der Waals surface area contributed by atoms with E-state index in [0.29, 0.717) is 5.56 Å². The summed E-state index contributed by atoms with van der Waals surface area (Å²) in [6.45, 7) is 0.0285. The summed E-state index contributed by atoms with van der Waals surface area (Å²) < 4.78 is 0. The van der Waals surface area contributed by atoms with E-state index in [1.807, 2.05) is 6.07 Å². The molecule has 0 unspecified atom stereocenters. The van der Waals surface area contributed by atoms with E-state index in [0.717, 1.165) is 0 Å². The molecule has 0 heterocycles. The summed E-state index contributed by atoms with van der Waals surface area (Å²) in [6, 6.07) is 8.80. The van der Waals surface area contributed by atoms with Gasteiger partial charge in [-0.05, 0) is 12.1 Å². The van der Waals surface area contributed by atoms with Crippen LogP contribution in [0.1, 0.15) is 10.4 Å². The van der Waals surface area contributed by atoms with Gasteiger partial charge in [-0.3, -0.25) is 9.59 Å². The van der Waals surface area contributed by atoms with E-state index >= 15 is 0 Å². The van der Waals surface area contributed by atoms with Gasteiger partial charge in [-0.15, -0.1) is 0 Å². The Bertz CT molecular complexity index is 347. The smallest absolute Gasteiger partial charge is 0.251 e. The van der Waals surface area contributed by atoms with Crippen molar-refractivity contribution in [2.75, 3.05) is 20.6 Å². The van der Waals surface area contributed by atoms with E-state index in [4.69, 9.17) is 0 Å². The van der Waals surface area contributed by atoms with Crippen molar-refractivity contribution in [3.8, 4) is 0 Å². The molecule has 1 rings (SSSR count). The van der Waals surface area contributed by atoms with Crippen LogP contribution in [0.5, 0.6) is 0 Å². The summed E-state index contributed by atoms with van der Waals surface area (Å²) in [5.41, 5.74) is 0.559. The van der Waals surface area contributed by atoms with Crippen molar-refractivity contribution in [1.82, 2.24) is 10.2 Å². The average Bonchev–Trinajstić information content (AvgIpc) is 2.26. The Morgan fingerprint density at radius 3 is 2.33 bits per heavy atom. The minimum Gasteiger partial charge on any atom is -0.347 e. The number of carbonyl (C=O) groups is 2. The molecule has 2 amide bonds. The average molecular weight is 206 g/mol. The number of nitrogens with one attached hydrogen (secondary N) is 1. The third-order valence-corrected chi connectivity index (χ3v) is 1.93. The molecule has 0 atom stereocenters. The quantitative estimate of drug-likeness (QED) is 0.783. The van der Waals surface area contributed by atoms with Crippen molar-refractivity contribution < 1.29 is 9.59 Å². The largest absolute Gasteiger partial charge is 0.347 e. The number of nitrogens with zero attached hydrogens (tertiary/aromatic N) is 1. The summed E-state index contributed by atoms with van der Waals surface area (Å²) in [4.78, 5) is 24.1. The Morgan fingerprint density at radius 2 is 1.80 bits per heavy atom. The molecular weight excluding hydrogens is 192 g/mol. The van der Waals surface area contributed by atoms with Crippen LogP contribution in [0.2, 0.25) is 0 Å². The molecule has 0 saturated carbocycles. The van der Waals surface area contributed by atoms with Crippen molar-refractivity contribution in [3.63, 3.8) is 0 Å². The molecule has 0 fully saturated rings. The van der Waals surface area contributed by atoms with Crippen molar-refractivity contribution >= 4 is 11.8 Å². The van der Waals surface area contributed by atoms with E-state index < -0.39 is 0 Å². The molecule has 80 valence electrons. The lowest BCUT2D eigenvalue weighted by molar-refractivity contribution is -0.127. The molecule has 0 radical (unpaired) electrons. The van der Waals surface area contributed by atoms with E-state index in [9.17, 15) is 9.59 Å². The van der Waals surface area contributed by atoms with Crippen LogP contribution in [0.15, 0.2) is 30.3 Å². The second-order valence-corrected chi connectivity index (χ2v) is 3.34. The Hall–Kier alpha value is -1.84. The van der Waals surface area contributed by atoms with Crippen LogP contribution < -0.4 is 5.32 Å². The number of amides is 2. The number of hydrogen-bond donors (Lipinski definition) is 1. The lowest BCUT2D eigenvalue weighted by Crippen LogP contribution is -2.36. The summed E-state index contributed by atoms with van der Waals surface area (Å²) >= 11 is 0. The minimum absolute atomic E-state index is 0.0285. The van der Waals surface area contributed by atoms with Crippen LogP contribution in [0.3, 0.4) is 0 Å². The fraction of sp³-hybridized carbons (Fsp3) is 0.273. The molecule has 0 saturated heterocycles. The first-order valence-electron chi connectivity index (χ1n) is 4.64. The zero-order chi connectivity index (χ0) is 11.3. The molecule has 1 aromatic carbocycles. The molecule has 1 N–H and O–H groups in total. The van der Waals surface area contributed by atoms with E-state index in [1.54, 1.807) is 38.4 Å². The van der Waals surface area contributed by atoms with Gasteiger partial charge in [0.05, 0.1) is 6.54 Å². The minimum atomic E-state index is -0.231. The van der Waals surface area contributed by atoms with Gasteiger partial charge in [0.2, 0.25) is 5.91 Å². The van der Waals surface area contributed by atoms with Gasteiger partial charge in [0, 0.05) is 19.7 Å². The van der Waals surface area contributed by atoms with Gasteiger partial charge < -0.3 is 10.2 Å². The van der Waals surface area contributed by atoms with Gasteiger partial charge >= 0.3 is 0 Å².